The average molecular weight is 539 g/mol. The molecule has 0 amide bonds. The Balaban J connectivity index is 3.98. The van der Waals surface area contributed by atoms with Crippen molar-refractivity contribution in [3.8, 4) is 0 Å². The molecule has 0 spiro atoms. The van der Waals surface area contributed by atoms with E-state index in [2.05, 4.69) is 27.7 Å². The molecule has 226 valence electrons. The van der Waals surface area contributed by atoms with Crippen molar-refractivity contribution >= 4 is 11.8 Å². The standard InChI is InChI=1S/C34H66O4/c1-5-9-12-20-25-31(34(37)32(35)27-22-13-10-6-2)26-21-18-16-14-15-17-19-23-28-33(36)38-29-30(8-4)24-11-7-3/h30-32,35H,5-29H2,1-4H3. The molecule has 38 heavy (non-hydrogen) atoms. The SMILES string of the molecule is CCCCCCC(O)C(=O)C(CCCCCC)CCCCCCCCCCC(=O)OCC(CC)CCCC. The van der Waals surface area contributed by atoms with Crippen LogP contribution in [0.5, 0.6) is 0 Å². The monoisotopic (exact) mass is 538 g/mol. The van der Waals surface area contributed by atoms with Gasteiger partial charge in [-0.3, -0.25) is 9.59 Å². The molecule has 0 radical (unpaired) electrons. The van der Waals surface area contributed by atoms with Crippen molar-refractivity contribution < 1.29 is 19.4 Å². The van der Waals surface area contributed by atoms with E-state index in [0.717, 1.165) is 64.2 Å². The molecule has 0 aromatic rings. The van der Waals surface area contributed by atoms with Gasteiger partial charge in [-0.1, -0.05) is 143 Å². The number of aliphatic hydroxyl groups excluding tert-OH is 1. The molecule has 0 aliphatic carbocycles. The van der Waals surface area contributed by atoms with Gasteiger partial charge in [0.1, 0.15) is 6.10 Å². The molecule has 3 unspecified atom stereocenters. The fourth-order valence-electron chi connectivity index (χ4n) is 5.33. The number of ketones is 1. The largest absolute Gasteiger partial charge is 0.465 e. The molecule has 0 saturated carbocycles. The van der Waals surface area contributed by atoms with Crippen LogP contribution < -0.4 is 0 Å². The summed E-state index contributed by atoms with van der Waals surface area (Å²) in [6.45, 7) is 9.38. The minimum Gasteiger partial charge on any atom is -0.465 e. The first kappa shape index (κ1) is 37.1. The number of Topliss-reactive ketones (excluding diaryl/α,β-unsaturated/α-hetero) is 1. The lowest BCUT2D eigenvalue weighted by molar-refractivity contribution is -0.145. The second-order valence-corrected chi connectivity index (χ2v) is 11.8. The van der Waals surface area contributed by atoms with Gasteiger partial charge in [0.2, 0.25) is 0 Å². The van der Waals surface area contributed by atoms with Crippen molar-refractivity contribution in [1.82, 2.24) is 0 Å². The number of hydrogen-bond acceptors (Lipinski definition) is 4. The summed E-state index contributed by atoms with van der Waals surface area (Å²) in [5.74, 6) is 0.661. The topological polar surface area (TPSA) is 63.6 Å². The smallest absolute Gasteiger partial charge is 0.305 e. The third-order valence-electron chi connectivity index (χ3n) is 8.17. The van der Waals surface area contributed by atoms with Crippen LogP contribution in [0.15, 0.2) is 0 Å². The van der Waals surface area contributed by atoms with E-state index in [1.165, 1.54) is 77.0 Å². The normalized spacial score (nSPS) is 13.8. The Morgan fingerprint density at radius 3 is 1.58 bits per heavy atom. The van der Waals surface area contributed by atoms with Gasteiger partial charge in [-0.2, -0.15) is 0 Å². The summed E-state index contributed by atoms with van der Waals surface area (Å²) in [6, 6.07) is 0. The van der Waals surface area contributed by atoms with E-state index < -0.39 is 6.10 Å². The Kier molecular flexibility index (Phi) is 27.0. The van der Waals surface area contributed by atoms with Crippen molar-refractivity contribution in [1.29, 1.82) is 0 Å². The summed E-state index contributed by atoms with van der Waals surface area (Å²) in [5, 5.41) is 10.5. The lowest BCUT2D eigenvalue weighted by atomic mass is 9.87. The zero-order valence-electron chi connectivity index (χ0n) is 26.1. The average Bonchev–Trinajstić information content (AvgIpc) is 2.92. The Bertz CT molecular complexity index is 533. The molecule has 3 atom stereocenters. The van der Waals surface area contributed by atoms with Crippen LogP contribution in [0, 0.1) is 11.8 Å². The second-order valence-electron chi connectivity index (χ2n) is 11.8. The number of carbonyl (C=O) groups excluding carboxylic acids is 2. The molecule has 0 aromatic heterocycles. The molecule has 0 bridgehead atoms. The van der Waals surface area contributed by atoms with Crippen LogP contribution in [0.4, 0.5) is 0 Å². The van der Waals surface area contributed by atoms with Gasteiger partial charge in [0.05, 0.1) is 6.61 Å². The summed E-state index contributed by atoms with van der Waals surface area (Å²) in [7, 11) is 0. The number of aliphatic hydroxyl groups is 1. The maximum absolute atomic E-state index is 12.9. The van der Waals surface area contributed by atoms with Crippen LogP contribution in [-0.4, -0.2) is 29.6 Å². The van der Waals surface area contributed by atoms with E-state index in [4.69, 9.17) is 4.74 Å². The first-order chi connectivity index (χ1) is 18.5. The van der Waals surface area contributed by atoms with E-state index in [-0.39, 0.29) is 17.7 Å². The summed E-state index contributed by atoms with van der Waals surface area (Å²) in [5.41, 5.74) is 0. The fraction of sp³-hybridized carbons (Fsp3) is 0.941. The van der Waals surface area contributed by atoms with Crippen LogP contribution in [0.1, 0.15) is 182 Å². The lowest BCUT2D eigenvalue weighted by Crippen LogP contribution is -2.28. The van der Waals surface area contributed by atoms with E-state index in [9.17, 15) is 14.7 Å². The van der Waals surface area contributed by atoms with Gasteiger partial charge in [-0.25, -0.2) is 0 Å². The van der Waals surface area contributed by atoms with Crippen LogP contribution in [0.3, 0.4) is 0 Å². The summed E-state index contributed by atoms with van der Waals surface area (Å²) < 4.78 is 5.50. The van der Waals surface area contributed by atoms with Crippen molar-refractivity contribution in [2.24, 2.45) is 11.8 Å². The quantitative estimate of drug-likeness (QED) is 0.0760. The Labute approximate surface area is 237 Å². The lowest BCUT2D eigenvalue weighted by Gasteiger charge is -2.19. The third-order valence-corrected chi connectivity index (χ3v) is 8.17. The van der Waals surface area contributed by atoms with Gasteiger partial charge >= 0.3 is 5.97 Å². The summed E-state index contributed by atoms with van der Waals surface area (Å²) >= 11 is 0. The molecule has 0 aliphatic heterocycles. The number of carbonyl (C=O) groups is 2. The highest BCUT2D eigenvalue weighted by atomic mass is 16.5. The fourth-order valence-corrected chi connectivity index (χ4v) is 5.33. The first-order valence-corrected chi connectivity index (χ1v) is 16.9. The maximum atomic E-state index is 12.9. The number of esters is 1. The zero-order chi connectivity index (χ0) is 28.3. The van der Waals surface area contributed by atoms with Crippen LogP contribution in [0.25, 0.3) is 0 Å². The van der Waals surface area contributed by atoms with Gasteiger partial charge in [-0.05, 0) is 38.0 Å². The first-order valence-electron chi connectivity index (χ1n) is 16.9. The summed E-state index contributed by atoms with van der Waals surface area (Å²) in [6.07, 6.45) is 25.4. The molecule has 0 saturated heterocycles. The number of ether oxygens (including phenoxy) is 1. The van der Waals surface area contributed by atoms with E-state index in [1.807, 2.05) is 0 Å². The van der Waals surface area contributed by atoms with Crippen molar-refractivity contribution in [3.05, 3.63) is 0 Å². The molecule has 0 heterocycles. The molecule has 4 nitrogen and oxygen atoms in total. The molecule has 0 fully saturated rings. The highest BCUT2D eigenvalue weighted by molar-refractivity contribution is 5.85. The maximum Gasteiger partial charge on any atom is 0.305 e. The Morgan fingerprint density at radius 1 is 0.579 bits per heavy atom. The second kappa shape index (κ2) is 27.7. The Hall–Kier alpha value is -0.900. The molecular formula is C34H66O4. The minimum absolute atomic E-state index is 0.0233. The van der Waals surface area contributed by atoms with Crippen molar-refractivity contribution in [3.63, 3.8) is 0 Å². The molecule has 4 heteroatoms. The van der Waals surface area contributed by atoms with Gasteiger partial charge in [-0.15, -0.1) is 0 Å². The van der Waals surface area contributed by atoms with Crippen molar-refractivity contribution in [2.75, 3.05) is 6.61 Å². The molecule has 1 N–H and O–H groups in total. The van der Waals surface area contributed by atoms with E-state index >= 15 is 0 Å². The van der Waals surface area contributed by atoms with Gasteiger partial charge in [0.15, 0.2) is 5.78 Å². The molecular weight excluding hydrogens is 472 g/mol. The Morgan fingerprint density at radius 2 is 1.05 bits per heavy atom. The highest BCUT2D eigenvalue weighted by Crippen LogP contribution is 2.23. The van der Waals surface area contributed by atoms with Crippen LogP contribution >= 0.6 is 0 Å². The van der Waals surface area contributed by atoms with E-state index in [1.54, 1.807) is 0 Å². The number of hydrogen-bond donors (Lipinski definition) is 1. The van der Waals surface area contributed by atoms with Crippen molar-refractivity contribution in [2.45, 2.75) is 188 Å². The van der Waals surface area contributed by atoms with Gasteiger partial charge < -0.3 is 9.84 Å². The zero-order valence-corrected chi connectivity index (χ0v) is 26.1. The number of unbranched alkanes of at least 4 members (excludes halogenated alkanes) is 14. The van der Waals surface area contributed by atoms with Crippen LogP contribution in [-0.2, 0) is 14.3 Å². The molecule has 0 aliphatic rings. The predicted molar refractivity (Wildman–Crippen MR) is 162 cm³/mol. The molecule has 0 aromatic carbocycles. The van der Waals surface area contributed by atoms with E-state index in [0.29, 0.717) is 25.4 Å². The predicted octanol–water partition coefficient (Wildman–Crippen LogP) is 10.1. The summed E-state index contributed by atoms with van der Waals surface area (Å²) in [4.78, 5) is 24.9. The van der Waals surface area contributed by atoms with Crippen LogP contribution in [0.2, 0.25) is 0 Å². The third kappa shape index (κ3) is 22.0. The minimum atomic E-state index is -0.755. The number of rotatable bonds is 29. The van der Waals surface area contributed by atoms with Gasteiger partial charge in [0, 0.05) is 12.3 Å². The van der Waals surface area contributed by atoms with Gasteiger partial charge in [0.25, 0.3) is 0 Å². The molecule has 0 rings (SSSR count). The highest BCUT2D eigenvalue weighted by Gasteiger charge is 2.24.